The highest BCUT2D eigenvalue weighted by atomic mass is 32.2. The van der Waals surface area contributed by atoms with Crippen molar-refractivity contribution in [1.29, 1.82) is 0 Å². The second-order valence-electron chi connectivity index (χ2n) is 37.5. The van der Waals surface area contributed by atoms with E-state index in [0.717, 1.165) is 137 Å². The number of carbonyl (C=O) groups is 6. The Morgan fingerprint density at radius 3 is 1.38 bits per heavy atom. The Morgan fingerprint density at radius 2 is 0.951 bits per heavy atom. The summed E-state index contributed by atoms with van der Waals surface area (Å²) >= 11 is 4.64. The van der Waals surface area contributed by atoms with Crippen LogP contribution in [0.5, 0.6) is 23.5 Å². The van der Waals surface area contributed by atoms with Gasteiger partial charge in [0.25, 0.3) is 0 Å². The molecule has 18 rings (SSSR count). The van der Waals surface area contributed by atoms with Gasteiger partial charge in [-0.15, -0.1) is 35.3 Å². The van der Waals surface area contributed by atoms with E-state index in [1.54, 1.807) is 64.2 Å². The van der Waals surface area contributed by atoms with Crippen molar-refractivity contribution < 1.29 is 65.6 Å². The van der Waals surface area contributed by atoms with Crippen LogP contribution in [-0.2, 0) is 62.9 Å². The molecule has 6 aliphatic rings. The third-order valence-corrected chi connectivity index (χ3v) is 28.3. The van der Waals surface area contributed by atoms with Crippen LogP contribution in [-0.4, -0.2) is 244 Å². The third-order valence-electron chi connectivity index (χ3n) is 24.4. The van der Waals surface area contributed by atoms with Gasteiger partial charge in [-0.05, 0) is 234 Å². The molecule has 0 spiro atoms. The Morgan fingerprint density at radius 1 is 0.510 bits per heavy atom. The molecule has 0 aliphatic carbocycles. The van der Waals surface area contributed by atoms with Gasteiger partial charge in [0.2, 0.25) is 53.4 Å². The maximum atomic E-state index is 13.8. The highest BCUT2D eigenvalue weighted by Crippen LogP contribution is 2.41. The maximum absolute atomic E-state index is 13.8. The van der Waals surface area contributed by atoms with Crippen LogP contribution >= 0.6 is 35.3 Å². The number of nitrogens with zero attached hydrogens (tertiary/aromatic N) is 16. The SMILES string of the molecule is CC(C)Oc1ccc(-c2nn(C)c3ccc(N)cc23)cn1.CS[C@@]1(C(=O)Nc2ccc3c(c2)C(c2ccc(OC(C)C)nc2)=NC3)CCN(CC(=O)N2CC=C(c3ccc(-c4ncn(C)n4)cc3)CC2)C1.CS[C@@]1(C(=O)Nc2ccc3c(c2)C(c2ccc(OC(C)C)nc2)=NC3)CCNC1.CS[C@@]1(C(=O)Nc2ccc3c(c2)c(-c2ccc(OC(C)C)nc2)nn3C)CCN(C(=O)OC(C)(C)C)C1.O=CC(F)(F)F. The zero-order valence-electron chi connectivity index (χ0n) is 83.4. The molecule has 12 aromatic rings. The summed E-state index contributed by atoms with van der Waals surface area (Å²) in [5, 5.41) is 28.3. The van der Waals surface area contributed by atoms with Gasteiger partial charge < -0.3 is 60.5 Å². The van der Waals surface area contributed by atoms with Crippen molar-refractivity contribution in [2.45, 2.75) is 165 Å². The number of likely N-dealkylation sites (tertiary alicyclic amines) is 2. The monoisotopic (exact) mass is 2010 g/mol. The summed E-state index contributed by atoms with van der Waals surface area (Å²) in [7, 11) is 5.67. The van der Waals surface area contributed by atoms with Gasteiger partial charge in [0.1, 0.15) is 37.6 Å². The van der Waals surface area contributed by atoms with E-state index in [2.05, 4.69) is 79.5 Å². The van der Waals surface area contributed by atoms with Crippen LogP contribution in [0.15, 0.2) is 193 Å². The number of rotatable bonds is 25. The van der Waals surface area contributed by atoms with Crippen LogP contribution in [0, 0.1) is 0 Å². The van der Waals surface area contributed by atoms with E-state index >= 15 is 0 Å². The van der Waals surface area contributed by atoms with Crippen molar-refractivity contribution >= 4 is 133 Å². The van der Waals surface area contributed by atoms with Crippen LogP contribution in [0.1, 0.15) is 141 Å². The molecule has 32 nitrogen and oxygen atoms in total. The number of halogens is 3. The summed E-state index contributed by atoms with van der Waals surface area (Å²) in [5.41, 5.74) is 25.0. The van der Waals surface area contributed by atoms with Crippen molar-refractivity contribution in [3.8, 4) is 57.4 Å². The van der Waals surface area contributed by atoms with Gasteiger partial charge in [-0.25, -0.2) is 29.7 Å². The summed E-state index contributed by atoms with van der Waals surface area (Å²) in [6.45, 7) is 27.6. The molecule has 5 aromatic carbocycles. The van der Waals surface area contributed by atoms with E-state index in [0.29, 0.717) is 113 Å². The molecule has 0 bridgehead atoms. The lowest BCUT2D eigenvalue weighted by molar-refractivity contribution is -0.156. The quantitative estimate of drug-likeness (QED) is 0.0262. The summed E-state index contributed by atoms with van der Waals surface area (Å²) < 4.78 is 62.9. The van der Waals surface area contributed by atoms with E-state index in [4.69, 9.17) is 49.3 Å². The van der Waals surface area contributed by atoms with Crippen molar-refractivity contribution in [3.63, 3.8) is 0 Å². The van der Waals surface area contributed by atoms with Gasteiger partial charge in [-0.3, -0.25) is 52.9 Å². The third kappa shape index (κ3) is 26.3. The molecule has 3 saturated heterocycles. The molecule has 13 heterocycles. The predicted molar refractivity (Wildman–Crippen MR) is 559 cm³/mol. The van der Waals surface area contributed by atoms with Crippen molar-refractivity contribution in [1.82, 2.24) is 74.3 Å². The number of pyridine rings is 4. The minimum Gasteiger partial charge on any atom is -0.475 e. The van der Waals surface area contributed by atoms with Gasteiger partial charge in [-0.2, -0.15) is 28.5 Å². The second-order valence-corrected chi connectivity index (χ2v) is 41.1. The molecule has 0 unspecified atom stereocenters. The molecule has 143 heavy (non-hydrogen) atoms. The number of carbonyl (C=O) groups excluding carboxylic acids is 6. The number of hydrogen-bond donors (Lipinski definition) is 5. The molecule has 6 N–H and O–H groups in total. The Balaban J connectivity index is 0.000000154. The lowest BCUT2D eigenvalue weighted by Crippen LogP contribution is -2.45. The average molecular weight is 2010 g/mol. The molecule has 6 aliphatic heterocycles. The molecular weight excluding hydrogens is 1880 g/mol. The molecule has 0 radical (unpaired) electrons. The zero-order chi connectivity index (χ0) is 102. The number of fused-ring (bicyclic) bond motifs is 4. The normalized spacial score (nSPS) is 17.5. The number of nitrogen functional groups attached to an aromatic ring is 1. The fraction of sp³-hybridized carbons (Fsp3) is 0.390. The predicted octanol–water partition coefficient (Wildman–Crippen LogP) is 17.2. The van der Waals surface area contributed by atoms with Crippen molar-refractivity contribution in [2.24, 2.45) is 31.1 Å². The van der Waals surface area contributed by atoms with Gasteiger partial charge in [0, 0.05) is 188 Å². The second kappa shape index (κ2) is 45.8. The van der Waals surface area contributed by atoms with Crippen molar-refractivity contribution in [3.05, 3.63) is 222 Å². The van der Waals surface area contributed by atoms with E-state index in [1.807, 2.05) is 264 Å². The molecule has 3 atom stereocenters. The number of nitrogens with one attached hydrogen (secondary N) is 4. The molecule has 5 amide bonds. The van der Waals surface area contributed by atoms with Gasteiger partial charge in [-0.1, -0.05) is 42.5 Å². The standard InChI is InChI=1S/C38H42N8O3S.C27H35N5O4S.C22H26N4O2S.C16H18N4O.C2HF3O/c1-25(2)49-33-12-10-30(21-39-33)35-32-19-31(11-9-29(32)20-40-35)42-37(48)38(50-4)15-18-45(23-38)22-34(47)46-16-13-27(14-17-46)26-5-7-28(8-6-26)36-41-24-44(3)43-36;1-17(2)35-22-11-8-18(15-28-22)23-20-14-19(9-10-21(20)31(6)30-23)29-24(33)27(37-7)12-13-32(16-27)25(34)36-26(3,4)5;1-14(2)28-19-7-5-16(12-24-19)20-18-10-17(6-4-15(18)11-25-20)26-21(27)22(29-3)8-9-23-13-22;1-10(2)21-15-7-4-11(9-18-15)16-13-8-12(17)5-6-14(13)20(3)19-16;3-2(4,5)1-6/h5-13,19,21,24-25H,14-18,20,22-23H2,1-4H3,(H,42,48);8-11,14-15,17H,12-13,16H2,1-7H3,(H,29,33);4-7,10,12,14,23H,8-9,11,13H2,1-3H3,(H,26,27);4-10H,17H2,1-3H3;1H/t38-;27-;22-;;/m000../s1. The van der Waals surface area contributed by atoms with Crippen LogP contribution in [0.3, 0.4) is 0 Å². The number of amides is 5. The van der Waals surface area contributed by atoms with E-state index in [-0.39, 0.29) is 48.0 Å². The first kappa shape index (κ1) is 105. The van der Waals surface area contributed by atoms with Gasteiger partial charge in [0.15, 0.2) is 5.82 Å². The van der Waals surface area contributed by atoms with E-state index in [9.17, 15) is 37.1 Å². The van der Waals surface area contributed by atoms with Gasteiger partial charge >= 0.3 is 12.3 Å². The minimum absolute atomic E-state index is 0.0383. The number of ether oxygens (including phenoxy) is 5. The highest BCUT2D eigenvalue weighted by molar-refractivity contribution is 8.01. The molecule has 7 aromatic heterocycles. The molecular formula is C105H122F3N21O11S3. The topological polar surface area (TPSA) is 375 Å². The summed E-state index contributed by atoms with van der Waals surface area (Å²) in [5.74, 6) is 3.06. The number of thioether (sulfide) groups is 3. The molecule has 38 heteroatoms. The number of benzene rings is 5. The minimum atomic E-state index is -4.64. The summed E-state index contributed by atoms with van der Waals surface area (Å²) in [6.07, 6.45) is 13.9. The maximum Gasteiger partial charge on any atom is 0.446 e. The van der Waals surface area contributed by atoms with Crippen LogP contribution in [0.2, 0.25) is 0 Å². The largest absolute Gasteiger partial charge is 0.475 e. The Kier molecular flexibility index (Phi) is 33.7. The Labute approximate surface area is 842 Å². The molecule has 3 fully saturated rings. The fourth-order valence-corrected chi connectivity index (χ4v) is 19.6. The summed E-state index contributed by atoms with van der Waals surface area (Å²) in [6, 6.07) is 47.1. The summed E-state index contributed by atoms with van der Waals surface area (Å²) in [4.78, 5) is 112. The van der Waals surface area contributed by atoms with Crippen LogP contribution in [0.4, 0.5) is 40.7 Å². The molecule has 752 valence electrons. The Hall–Kier alpha value is -13.6. The van der Waals surface area contributed by atoms with Gasteiger partial charge in [0.05, 0.1) is 66.5 Å². The van der Waals surface area contributed by atoms with E-state index < -0.39 is 38.4 Å². The molecule has 0 saturated carbocycles. The number of aliphatic imine (C=N–C) groups is 2. The van der Waals surface area contributed by atoms with Crippen LogP contribution in [0.25, 0.3) is 61.3 Å². The number of nitrogens with two attached hydrogens (primary N) is 1. The first-order chi connectivity index (χ1) is 68.2. The number of hydrogen-bond acceptors (Lipinski definition) is 27. The lowest BCUT2D eigenvalue weighted by Gasteiger charge is -2.29. The smallest absolute Gasteiger partial charge is 0.446 e. The Bertz CT molecular complexity index is 6660. The number of aromatic nitrogens is 11. The first-order valence-corrected chi connectivity index (χ1v) is 50.9. The average Bonchev–Trinajstić information content (AvgIpc) is 1.60. The zero-order valence-corrected chi connectivity index (χ0v) is 85.8. The number of anilines is 4. The number of aryl methyl sites for hydroxylation is 3. The first-order valence-electron chi connectivity index (χ1n) is 47.3. The highest BCUT2D eigenvalue weighted by Gasteiger charge is 2.48. The number of aldehydes is 1. The number of alkyl halides is 3. The van der Waals surface area contributed by atoms with Crippen LogP contribution < -0.4 is 45.9 Å². The lowest BCUT2D eigenvalue weighted by atomic mass is 9.98. The van der Waals surface area contributed by atoms with Crippen molar-refractivity contribution in [2.75, 3.05) is 99.4 Å². The van der Waals surface area contributed by atoms with E-state index in [1.165, 1.54) is 17.3 Å². The fourth-order valence-electron chi connectivity index (χ4n) is 17.2.